The zero-order valence-corrected chi connectivity index (χ0v) is 31.2. The van der Waals surface area contributed by atoms with Gasteiger partial charge in [0.05, 0.1) is 5.69 Å². The smallest absolute Gasteiger partial charge is 0.408 e. The minimum Gasteiger partial charge on any atom is -0.446 e. The molecule has 15 heteroatoms. The molecule has 0 radical (unpaired) electrons. The highest BCUT2D eigenvalue weighted by molar-refractivity contribution is 5.90. The number of nitrogens with zero attached hydrogens (tertiary/aromatic N) is 5. The van der Waals surface area contributed by atoms with Crippen molar-refractivity contribution in [3.63, 3.8) is 0 Å². The van der Waals surface area contributed by atoms with Gasteiger partial charge in [0.2, 0.25) is 5.91 Å². The third-order valence-electron chi connectivity index (χ3n) is 10.2. The molecule has 2 aromatic rings. The van der Waals surface area contributed by atoms with Gasteiger partial charge in [0, 0.05) is 57.4 Å². The summed E-state index contributed by atoms with van der Waals surface area (Å²) in [6, 6.07) is 9.35. The second-order valence-electron chi connectivity index (χ2n) is 15.6. The van der Waals surface area contributed by atoms with Gasteiger partial charge in [-0.25, -0.2) is 19.2 Å². The average Bonchev–Trinajstić information content (AvgIpc) is 3.51. The number of carbonyl (C=O) groups is 4. The van der Waals surface area contributed by atoms with Crippen LogP contribution in [0.2, 0.25) is 0 Å². The van der Waals surface area contributed by atoms with Crippen molar-refractivity contribution >= 4 is 29.9 Å². The van der Waals surface area contributed by atoms with Crippen LogP contribution in [0, 0.1) is 11.8 Å². The molecule has 4 unspecified atom stereocenters. The number of primary amides is 1. The number of alkyl carbamates (subject to hydrolysis) is 1. The molecule has 3 aliphatic rings. The Morgan fingerprint density at radius 2 is 1.63 bits per heavy atom. The highest BCUT2D eigenvalue weighted by Crippen LogP contribution is 2.39. The average molecular weight is 723 g/mol. The lowest BCUT2D eigenvalue weighted by atomic mass is 9.79. The molecule has 5 rings (SSSR count). The van der Waals surface area contributed by atoms with Gasteiger partial charge in [-0.3, -0.25) is 19.6 Å². The molecule has 52 heavy (non-hydrogen) atoms. The fraction of sp³-hybridized carbons (Fsp3) is 0.622. The monoisotopic (exact) mass is 722 g/mol. The molecule has 3 fully saturated rings. The number of fused-ring (bicyclic) bond motifs is 1. The van der Waals surface area contributed by atoms with Crippen LogP contribution < -0.4 is 22.1 Å². The first-order chi connectivity index (χ1) is 24.5. The molecule has 1 aromatic heterocycles. The maximum absolute atomic E-state index is 13.2. The van der Waals surface area contributed by atoms with Crippen LogP contribution in [-0.2, 0) is 20.7 Å². The largest absolute Gasteiger partial charge is 0.446 e. The van der Waals surface area contributed by atoms with E-state index in [1.165, 1.54) is 4.57 Å². The van der Waals surface area contributed by atoms with Crippen molar-refractivity contribution in [1.29, 1.82) is 0 Å². The minimum absolute atomic E-state index is 0.104. The molecule has 2 aliphatic heterocycles. The molecular weight excluding hydrogens is 668 g/mol. The van der Waals surface area contributed by atoms with Crippen LogP contribution in [-0.4, -0.2) is 111 Å². The number of likely N-dealkylation sites (tertiary alicyclic amines) is 1. The molecule has 1 aromatic carbocycles. The number of hydrogen-bond donors (Lipinski definition) is 3. The van der Waals surface area contributed by atoms with Gasteiger partial charge in [0.25, 0.3) is 0 Å². The van der Waals surface area contributed by atoms with E-state index in [-0.39, 0.29) is 44.0 Å². The Bertz CT molecular complexity index is 1660. The van der Waals surface area contributed by atoms with E-state index in [9.17, 15) is 24.0 Å². The maximum atomic E-state index is 13.2. The summed E-state index contributed by atoms with van der Waals surface area (Å²) in [6.07, 6.45) is 5.02. The lowest BCUT2D eigenvalue weighted by molar-refractivity contribution is -0.138. The highest BCUT2D eigenvalue weighted by Gasteiger charge is 2.43. The minimum atomic E-state index is -1.19. The number of carbonyl (C=O) groups excluding carboxylic acids is 4. The van der Waals surface area contributed by atoms with Crippen molar-refractivity contribution in [2.45, 2.75) is 96.9 Å². The van der Waals surface area contributed by atoms with Gasteiger partial charge in [-0.15, -0.1) is 0 Å². The van der Waals surface area contributed by atoms with Gasteiger partial charge in [-0.2, -0.15) is 4.98 Å². The van der Waals surface area contributed by atoms with Gasteiger partial charge in [0.15, 0.2) is 0 Å². The van der Waals surface area contributed by atoms with Gasteiger partial charge >= 0.3 is 23.9 Å². The number of urea groups is 1. The normalized spacial score (nSPS) is 21.5. The van der Waals surface area contributed by atoms with E-state index in [2.05, 4.69) is 27.4 Å². The number of nitrogens with one attached hydrogen (secondary N) is 2. The molecule has 2 saturated heterocycles. The second-order valence-corrected chi connectivity index (χ2v) is 15.6. The van der Waals surface area contributed by atoms with Gasteiger partial charge in [-0.05, 0) is 96.4 Å². The SMILES string of the molecule is CCC(Cc1ccc(-n2ccc(NC(=O)N3CCN(C(=O)C(C)(C)NC(=O)OC(C)(C)C)CC3)nc2=O)cc1)N1CC2CCCC(OC(N)=O)C2C1. The molecule has 15 nitrogen and oxygen atoms in total. The zero-order valence-electron chi connectivity index (χ0n) is 31.2. The third kappa shape index (κ3) is 9.60. The number of piperazine rings is 1. The number of benzene rings is 1. The van der Waals surface area contributed by atoms with Gasteiger partial charge < -0.3 is 30.3 Å². The van der Waals surface area contributed by atoms with Crippen LogP contribution in [0.15, 0.2) is 41.3 Å². The summed E-state index contributed by atoms with van der Waals surface area (Å²) < 4.78 is 12.2. The van der Waals surface area contributed by atoms with Crippen molar-refractivity contribution in [2.75, 3.05) is 44.6 Å². The number of nitrogens with two attached hydrogens (primary N) is 1. The molecule has 4 atom stereocenters. The molecule has 5 amide bonds. The number of anilines is 1. The van der Waals surface area contributed by atoms with Gasteiger partial charge in [0.1, 0.15) is 23.1 Å². The first-order valence-electron chi connectivity index (χ1n) is 18.3. The lowest BCUT2D eigenvalue weighted by Gasteiger charge is -2.38. The Labute approximate surface area is 305 Å². The molecule has 4 N–H and O–H groups in total. The third-order valence-corrected chi connectivity index (χ3v) is 10.2. The summed E-state index contributed by atoms with van der Waals surface area (Å²) in [6.45, 7) is 13.7. The fourth-order valence-electron chi connectivity index (χ4n) is 7.62. The molecule has 1 saturated carbocycles. The van der Waals surface area contributed by atoms with Gasteiger partial charge in [-0.1, -0.05) is 19.1 Å². The van der Waals surface area contributed by atoms with E-state index in [0.717, 1.165) is 50.8 Å². The second kappa shape index (κ2) is 15.9. The molecule has 284 valence electrons. The topological polar surface area (TPSA) is 181 Å². The van der Waals surface area contributed by atoms with Crippen LogP contribution in [0.25, 0.3) is 5.69 Å². The molecule has 3 heterocycles. The fourth-order valence-corrected chi connectivity index (χ4v) is 7.62. The first-order valence-corrected chi connectivity index (χ1v) is 18.3. The summed E-state index contributed by atoms with van der Waals surface area (Å²) in [5.74, 6) is 0.679. The zero-order chi connectivity index (χ0) is 37.8. The van der Waals surface area contributed by atoms with E-state index in [4.69, 9.17) is 15.2 Å². The summed E-state index contributed by atoms with van der Waals surface area (Å²) in [4.78, 5) is 72.7. The molecular formula is C37H54N8O7. The van der Waals surface area contributed by atoms with Crippen LogP contribution >= 0.6 is 0 Å². The summed E-state index contributed by atoms with van der Waals surface area (Å²) >= 11 is 0. The Hall–Kier alpha value is -4.66. The summed E-state index contributed by atoms with van der Waals surface area (Å²) in [5, 5.41) is 5.33. The highest BCUT2D eigenvalue weighted by atomic mass is 16.6. The number of ether oxygens (including phenoxy) is 2. The summed E-state index contributed by atoms with van der Waals surface area (Å²) in [7, 11) is 0. The van der Waals surface area contributed by atoms with Crippen molar-refractivity contribution < 1.29 is 28.7 Å². The lowest BCUT2D eigenvalue weighted by Crippen LogP contribution is -2.60. The molecule has 0 spiro atoms. The Balaban J connectivity index is 1.12. The Morgan fingerprint density at radius 1 is 0.962 bits per heavy atom. The van der Waals surface area contributed by atoms with Crippen LogP contribution in [0.1, 0.15) is 72.8 Å². The Morgan fingerprint density at radius 3 is 2.25 bits per heavy atom. The number of amides is 5. The predicted octanol–water partition coefficient (Wildman–Crippen LogP) is 3.73. The van der Waals surface area contributed by atoms with E-state index in [0.29, 0.717) is 23.6 Å². The van der Waals surface area contributed by atoms with Crippen LogP contribution in [0.3, 0.4) is 0 Å². The summed E-state index contributed by atoms with van der Waals surface area (Å²) in [5.41, 5.74) is 4.75. The van der Waals surface area contributed by atoms with E-state index < -0.39 is 35.0 Å². The number of hydrogen-bond acceptors (Lipinski definition) is 9. The van der Waals surface area contributed by atoms with Crippen LogP contribution in [0.5, 0.6) is 0 Å². The van der Waals surface area contributed by atoms with Crippen molar-refractivity contribution in [1.82, 2.24) is 29.6 Å². The van der Waals surface area contributed by atoms with Crippen molar-refractivity contribution in [2.24, 2.45) is 17.6 Å². The van der Waals surface area contributed by atoms with E-state index >= 15 is 0 Å². The number of rotatable bonds is 9. The first kappa shape index (κ1) is 38.6. The van der Waals surface area contributed by atoms with Crippen molar-refractivity contribution in [3.05, 3.63) is 52.6 Å². The van der Waals surface area contributed by atoms with E-state index in [1.54, 1.807) is 56.7 Å². The molecule has 0 bridgehead atoms. The number of aromatic nitrogens is 2. The van der Waals surface area contributed by atoms with Crippen molar-refractivity contribution in [3.8, 4) is 5.69 Å². The Kier molecular flexibility index (Phi) is 11.8. The quantitative estimate of drug-likeness (QED) is 0.348. The maximum Gasteiger partial charge on any atom is 0.408 e. The molecule has 1 aliphatic carbocycles. The van der Waals surface area contributed by atoms with Crippen LogP contribution in [0.4, 0.5) is 20.2 Å². The predicted molar refractivity (Wildman–Crippen MR) is 195 cm³/mol. The van der Waals surface area contributed by atoms with E-state index in [1.807, 2.05) is 24.3 Å². The standard InChI is InChI=1S/C37H54N8O7/c1-7-26(44-22-25-9-8-10-29(28(25)23-44)51-32(38)47)21-24-11-13-27(14-12-24)45-16-15-30(40-34(45)49)39-33(48)43-19-17-42(18-20-43)31(46)37(5,6)41-35(50)52-36(2,3)4/h11-16,25-26,28-29H,7-10,17-23H2,1-6H3,(H2,38,47)(H,41,50)(H,39,40,48,49).